The van der Waals surface area contributed by atoms with Gasteiger partial charge < -0.3 is 5.73 Å². The Bertz CT molecular complexity index is 670. The van der Waals surface area contributed by atoms with Crippen LogP contribution in [0.5, 0.6) is 0 Å². The van der Waals surface area contributed by atoms with Gasteiger partial charge in [0.05, 0.1) is 11.4 Å². The fourth-order valence-corrected chi connectivity index (χ4v) is 4.16. The van der Waals surface area contributed by atoms with Crippen molar-refractivity contribution in [1.29, 1.82) is 0 Å². The van der Waals surface area contributed by atoms with Crippen molar-refractivity contribution in [2.75, 3.05) is 10.5 Å². The van der Waals surface area contributed by atoms with Gasteiger partial charge in [-0.1, -0.05) is 19.1 Å². The van der Waals surface area contributed by atoms with Crippen LogP contribution in [-0.4, -0.2) is 8.42 Å². The highest BCUT2D eigenvalue weighted by Crippen LogP contribution is 2.28. The number of benzene rings is 1. The predicted molar refractivity (Wildman–Crippen MR) is 80.1 cm³/mol. The first-order valence-corrected chi connectivity index (χ1v) is 8.20. The number of nitrogen functional groups attached to an aromatic ring is 1. The lowest BCUT2D eigenvalue weighted by molar-refractivity contribution is 0.603. The SMILES string of the molecule is CCc1ccc(S(=O)(=O)Nc2c(C)cccc2N)s1. The molecule has 0 atom stereocenters. The van der Waals surface area contributed by atoms with E-state index in [4.69, 9.17) is 5.73 Å². The average molecular weight is 296 g/mol. The maximum absolute atomic E-state index is 12.3. The summed E-state index contributed by atoms with van der Waals surface area (Å²) in [7, 11) is -3.56. The van der Waals surface area contributed by atoms with E-state index in [1.807, 2.05) is 26.0 Å². The summed E-state index contributed by atoms with van der Waals surface area (Å²) < 4.78 is 27.4. The third-order valence-electron chi connectivity index (χ3n) is 2.79. The van der Waals surface area contributed by atoms with E-state index < -0.39 is 10.0 Å². The van der Waals surface area contributed by atoms with Crippen molar-refractivity contribution in [3.63, 3.8) is 0 Å². The van der Waals surface area contributed by atoms with E-state index in [1.54, 1.807) is 18.2 Å². The molecule has 6 heteroatoms. The third kappa shape index (κ3) is 2.90. The van der Waals surface area contributed by atoms with Crippen LogP contribution in [-0.2, 0) is 16.4 Å². The second-order valence-corrected chi connectivity index (χ2v) is 7.30. The van der Waals surface area contributed by atoms with Gasteiger partial charge in [0.1, 0.15) is 4.21 Å². The van der Waals surface area contributed by atoms with Crippen LogP contribution in [0.1, 0.15) is 17.4 Å². The molecule has 0 amide bonds. The van der Waals surface area contributed by atoms with Gasteiger partial charge in [-0.05, 0) is 37.1 Å². The molecule has 0 saturated carbocycles. The minimum absolute atomic E-state index is 0.312. The Labute approximate surface area is 117 Å². The minimum atomic E-state index is -3.56. The Balaban J connectivity index is 2.36. The highest BCUT2D eigenvalue weighted by molar-refractivity contribution is 7.94. The van der Waals surface area contributed by atoms with Gasteiger partial charge in [0, 0.05) is 4.88 Å². The van der Waals surface area contributed by atoms with Crippen LogP contribution < -0.4 is 10.5 Å². The van der Waals surface area contributed by atoms with Crippen LogP contribution in [0.3, 0.4) is 0 Å². The summed E-state index contributed by atoms with van der Waals surface area (Å²) in [6.45, 7) is 3.81. The zero-order chi connectivity index (χ0) is 14.0. The Morgan fingerprint density at radius 2 is 2.00 bits per heavy atom. The van der Waals surface area contributed by atoms with Crippen LogP contribution in [0, 0.1) is 6.92 Å². The number of rotatable bonds is 4. The normalized spacial score (nSPS) is 11.5. The van der Waals surface area contributed by atoms with Crippen molar-refractivity contribution >= 4 is 32.7 Å². The van der Waals surface area contributed by atoms with Gasteiger partial charge in [-0.2, -0.15) is 0 Å². The molecule has 0 aliphatic heterocycles. The van der Waals surface area contributed by atoms with Crippen molar-refractivity contribution < 1.29 is 8.42 Å². The summed E-state index contributed by atoms with van der Waals surface area (Å²) in [6.07, 6.45) is 0.826. The van der Waals surface area contributed by atoms with E-state index in [-0.39, 0.29) is 0 Å². The van der Waals surface area contributed by atoms with E-state index in [1.165, 1.54) is 11.3 Å². The summed E-state index contributed by atoms with van der Waals surface area (Å²) in [6, 6.07) is 8.75. The molecule has 0 aliphatic carbocycles. The maximum Gasteiger partial charge on any atom is 0.271 e. The molecule has 0 saturated heterocycles. The molecule has 0 spiro atoms. The summed E-state index contributed by atoms with van der Waals surface area (Å²) in [5, 5.41) is 0. The van der Waals surface area contributed by atoms with E-state index in [2.05, 4.69) is 4.72 Å². The number of para-hydroxylation sites is 1. The lowest BCUT2D eigenvalue weighted by Gasteiger charge is -2.11. The van der Waals surface area contributed by atoms with Crippen LogP contribution in [0.15, 0.2) is 34.5 Å². The molecule has 2 rings (SSSR count). The molecule has 19 heavy (non-hydrogen) atoms. The standard InChI is InChI=1S/C13H16N2O2S2/c1-3-10-7-8-12(18-10)19(16,17)15-13-9(2)5-4-6-11(13)14/h4-8,15H,3,14H2,1-2H3. The number of sulfonamides is 1. The van der Waals surface area contributed by atoms with Crippen molar-refractivity contribution in [3.8, 4) is 0 Å². The predicted octanol–water partition coefficient (Wildman–Crippen LogP) is 3.00. The minimum Gasteiger partial charge on any atom is -0.397 e. The molecular weight excluding hydrogens is 280 g/mol. The molecule has 1 aromatic heterocycles. The number of anilines is 2. The number of thiophene rings is 1. The first-order valence-electron chi connectivity index (χ1n) is 5.90. The van der Waals surface area contributed by atoms with E-state index in [0.29, 0.717) is 15.6 Å². The maximum atomic E-state index is 12.3. The Hall–Kier alpha value is -1.53. The smallest absolute Gasteiger partial charge is 0.271 e. The fraction of sp³-hybridized carbons (Fsp3) is 0.231. The van der Waals surface area contributed by atoms with Crippen LogP contribution in [0.4, 0.5) is 11.4 Å². The molecule has 2 aromatic rings. The molecule has 4 nitrogen and oxygen atoms in total. The lowest BCUT2D eigenvalue weighted by atomic mass is 10.2. The van der Waals surface area contributed by atoms with Gasteiger partial charge in [-0.25, -0.2) is 8.42 Å². The average Bonchev–Trinajstić information content (AvgIpc) is 2.83. The zero-order valence-electron chi connectivity index (χ0n) is 10.8. The van der Waals surface area contributed by atoms with Gasteiger partial charge in [0.2, 0.25) is 0 Å². The number of aryl methyl sites for hydroxylation is 2. The van der Waals surface area contributed by atoms with Crippen LogP contribution in [0.2, 0.25) is 0 Å². The number of nitrogens with one attached hydrogen (secondary N) is 1. The van der Waals surface area contributed by atoms with Gasteiger partial charge in [-0.15, -0.1) is 11.3 Å². The highest BCUT2D eigenvalue weighted by atomic mass is 32.2. The van der Waals surface area contributed by atoms with Gasteiger partial charge in [-0.3, -0.25) is 4.72 Å². The van der Waals surface area contributed by atoms with Crippen molar-refractivity contribution in [3.05, 3.63) is 40.8 Å². The number of nitrogens with two attached hydrogens (primary N) is 1. The molecule has 1 aromatic carbocycles. The molecular formula is C13H16N2O2S2. The topological polar surface area (TPSA) is 72.2 Å². The molecule has 0 bridgehead atoms. The molecule has 0 fully saturated rings. The van der Waals surface area contributed by atoms with Crippen LogP contribution in [0.25, 0.3) is 0 Å². The zero-order valence-corrected chi connectivity index (χ0v) is 12.4. The Kier molecular flexibility index (Phi) is 3.82. The molecule has 1 heterocycles. The highest BCUT2D eigenvalue weighted by Gasteiger charge is 2.18. The largest absolute Gasteiger partial charge is 0.397 e. The second kappa shape index (κ2) is 5.22. The molecule has 0 aliphatic rings. The third-order valence-corrected chi connectivity index (χ3v) is 5.86. The Morgan fingerprint density at radius 3 is 2.58 bits per heavy atom. The molecule has 0 radical (unpaired) electrons. The van der Waals surface area contributed by atoms with E-state index in [9.17, 15) is 8.42 Å². The summed E-state index contributed by atoms with van der Waals surface area (Å²) in [4.78, 5) is 1.04. The Morgan fingerprint density at radius 1 is 1.26 bits per heavy atom. The van der Waals surface area contributed by atoms with Gasteiger partial charge in [0.25, 0.3) is 10.0 Å². The molecule has 0 unspecified atom stereocenters. The van der Waals surface area contributed by atoms with Crippen LogP contribution >= 0.6 is 11.3 Å². The van der Waals surface area contributed by atoms with Crippen molar-refractivity contribution in [1.82, 2.24) is 0 Å². The second-order valence-electron chi connectivity index (χ2n) is 4.22. The first kappa shape index (κ1) is 13.9. The molecule has 3 N–H and O–H groups in total. The summed E-state index contributed by atoms with van der Waals surface area (Å²) in [5.74, 6) is 0. The molecule has 102 valence electrons. The monoisotopic (exact) mass is 296 g/mol. The fourth-order valence-electron chi connectivity index (χ4n) is 1.71. The quantitative estimate of drug-likeness (QED) is 0.852. The summed E-state index contributed by atoms with van der Waals surface area (Å²) >= 11 is 1.28. The number of hydrogen-bond donors (Lipinski definition) is 2. The first-order chi connectivity index (χ1) is 8.94. The summed E-state index contributed by atoms with van der Waals surface area (Å²) in [5.41, 5.74) is 7.50. The van der Waals surface area contributed by atoms with E-state index >= 15 is 0 Å². The van der Waals surface area contributed by atoms with Crippen molar-refractivity contribution in [2.45, 2.75) is 24.5 Å². The van der Waals surface area contributed by atoms with Gasteiger partial charge >= 0.3 is 0 Å². The lowest BCUT2D eigenvalue weighted by Crippen LogP contribution is -2.13. The van der Waals surface area contributed by atoms with Gasteiger partial charge in [0.15, 0.2) is 0 Å². The van der Waals surface area contributed by atoms with Crippen molar-refractivity contribution in [2.24, 2.45) is 0 Å². The number of hydrogen-bond acceptors (Lipinski definition) is 4. The van der Waals surface area contributed by atoms with E-state index in [0.717, 1.165) is 16.9 Å².